The summed E-state index contributed by atoms with van der Waals surface area (Å²) in [5.41, 5.74) is -0.333. The minimum atomic E-state index is -0.752. The predicted molar refractivity (Wildman–Crippen MR) is 75.3 cm³/mol. The molecule has 2 heterocycles. The highest BCUT2D eigenvalue weighted by Gasteiger charge is 2.47. The molecular weight excluding hydrogens is 294 g/mol. The number of nitrogens with one attached hydrogen (secondary N) is 3. The van der Waals surface area contributed by atoms with Crippen LogP contribution in [0.1, 0.15) is 6.42 Å². The zero-order chi connectivity index (χ0) is 15.7. The fourth-order valence-electron chi connectivity index (χ4n) is 2.84. The summed E-state index contributed by atoms with van der Waals surface area (Å²) in [7, 11) is 0. The monoisotopic (exact) mass is 310 g/mol. The van der Waals surface area contributed by atoms with E-state index in [0.29, 0.717) is 32.6 Å². The molecule has 0 saturated carbocycles. The molecule has 2 aliphatic rings. The van der Waals surface area contributed by atoms with Crippen LogP contribution < -0.4 is 16.0 Å². The number of urea groups is 1. The number of benzene rings is 1. The van der Waals surface area contributed by atoms with Gasteiger partial charge in [0.15, 0.2) is 0 Å². The van der Waals surface area contributed by atoms with Crippen molar-refractivity contribution in [2.45, 2.75) is 12.0 Å². The van der Waals surface area contributed by atoms with Crippen molar-refractivity contribution in [3.05, 3.63) is 29.8 Å². The molecule has 3 rings (SSSR count). The maximum atomic E-state index is 13.1. The molecule has 3 N–H and O–H groups in total. The number of anilines is 1. The van der Waals surface area contributed by atoms with Crippen molar-refractivity contribution >= 4 is 17.6 Å². The molecule has 2 fully saturated rings. The van der Waals surface area contributed by atoms with Crippen molar-refractivity contribution in [3.63, 3.8) is 0 Å². The molecule has 0 unspecified atom stereocenters. The molecule has 1 aromatic carbocycles. The number of amides is 3. The van der Waals surface area contributed by atoms with Gasteiger partial charge in [-0.3, -0.25) is 4.79 Å². The first-order valence-electron chi connectivity index (χ1n) is 7.00. The molecule has 22 heavy (non-hydrogen) atoms. The third-order valence-corrected chi connectivity index (χ3v) is 3.83. The van der Waals surface area contributed by atoms with Crippen LogP contribution in [0.2, 0.25) is 0 Å². The van der Waals surface area contributed by atoms with Crippen LogP contribution in [-0.4, -0.2) is 48.6 Å². The molecule has 6 nitrogen and oxygen atoms in total. The largest absolute Gasteiger partial charge is 0.355 e. The number of rotatable bonds is 1. The lowest BCUT2D eigenvalue weighted by atomic mass is 9.86. The van der Waals surface area contributed by atoms with Gasteiger partial charge in [-0.25, -0.2) is 13.6 Å². The molecule has 0 atom stereocenters. The first kappa shape index (κ1) is 14.7. The normalized spacial score (nSPS) is 20.1. The van der Waals surface area contributed by atoms with E-state index in [1.165, 1.54) is 4.90 Å². The number of carbonyl (C=O) groups is 2. The second kappa shape index (κ2) is 5.53. The minimum Gasteiger partial charge on any atom is -0.355 e. The Morgan fingerprint density at radius 3 is 2.55 bits per heavy atom. The Kier molecular flexibility index (Phi) is 3.69. The first-order chi connectivity index (χ1) is 10.5. The molecule has 0 radical (unpaired) electrons. The van der Waals surface area contributed by atoms with E-state index in [4.69, 9.17) is 0 Å². The van der Waals surface area contributed by atoms with E-state index in [0.717, 1.165) is 18.2 Å². The Morgan fingerprint density at radius 2 is 1.86 bits per heavy atom. The average molecular weight is 310 g/mol. The van der Waals surface area contributed by atoms with Crippen LogP contribution in [0.4, 0.5) is 19.3 Å². The molecule has 0 aromatic heterocycles. The number of nitrogens with zero attached hydrogens (tertiary/aromatic N) is 1. The summed E-state index contributed by atoms with van der Waals surface area (Å²) >= 11 is 0. The smallest absolute Gasteiger partial charge is 0.321 e. The Hall–Kier alpha value is -2.22. The van der Waals surface area contributed by atoms with Crippen LogP contribution in [0.25, 0.3) is 0 Å². The second-order valence-electron chi connectivity index (χ2n) is 5.68. The average Bonchev–Trinajstić information content (AvgIpc) is 2.57. The summed E-state index contributed by atoms with van der Waals surface area (Å²) in [5.74, 6) is -1.55. The highest BCUT2D eigenvalue weighted by atomic mass is 19.1. The molecule has 3 amide bonds. The van der Waals surface area contributed by atoms with Crippen molar-refractivity contribution < 1.29 is 18.4 Å². The van der Waals surface area contributed by atoms with Crippen LogP contribution in [-0.2, 0) is 4.79 Å². The van der Waals surface area contributed by atoms with E-state index in [2.05, 4.69) is 16.0 Å². The zero-order valence-electron chi connectivity index (χ0n) is 11.8. The van der Waals surface area contributed by atoms with Crippen molar-refractivity contribution in [2.24, 2.45) is 0 Å². The summed E-state index contributed by atoms with van der Waals surface area (Å²) in [6.45, 7) is 1.97. The number of carbonyl (C=O) groups excluding carboxylic acids is 2. The summed E-state index contributed by atoms with van der Waals surface area (Å²) in [5, 5.41) is 8.48. The van der Waals surface area contributed by atoms with Crippen molar-refractivity contribution in [3.8, 4) is 0 Å². The molecule has 2 aliphatic heterocycles. The molecule has 0 bridgehead atoms. The van der Waals surface area contributed by atoms with Gasteiger partial charge in [0, 0.05) is 44.4 Å². The van der Waals surface area contributed by atoms with E-state index < -0.39 is 23.2 Å². The van der Waals surface area contributed by atoms with Gasteiger partial charge >= 0.3 is 6.03 Å². The van der Waals surface area contributed by atoms with E-state index in [1.54, 1.807) is 0 Å². The van der Waals surface area contributed by atoms with Crippen LogP contribution >= 0.6 is 0 Å². The van der Waals surface area contributed by atoms with Crippen LogP contribution in [0.15, 0.2) is 18.2 Å². The topological polar surface area (TPSA) is 73.5 Å². The van der Waals surface area contributed by atoms with Crippen LogP contribution in [0, 0.1) is 11.6 Å². The molecule has 0 aliphatic carbocycles. The van der Waals surface area contributed by atoms with Gasteiger partial charge in [0.05, 0.1) is 5.54 Å². The van der Waals surface area contributed by atoms with E-state index in [1.807, 2.05) is 0 Å². The third kappa shape index (κ3) is 3.01. The fourth-order valence-corrected chi connectivity index (χ4v) is 2.84. The predicted octanol–water partition coefficient (Wildman–Crippen LogP) is 0.661. The Balaban J connectivity index is 1.60. The molecule has 8 heteroatoms. The van der Waals surface area contributed by atoms with Crippen LogP contribution in [0.5, 0.6) is 0 Å². The fraction of sp³-hybridized carbons (Fsp3) is 0.429. The number of hydrogen-bond donors (Lipinski definition) is 3. The van der Waals surface area contributed by atoms with E-state index in [9.17, 15) is 18.4 Å². The van der Waals surface area contributed by atoms with E-state index >= 15 is 0 Å². The first-order valence-corrected chi connectivity index (χ1v) is 7.00. The summed E-state index contributed by atoms with van der Waals surface area (Å²) in [6, 6.07) is 2.39. The number of likely N-dealkylation sites (tertiary alicyclic amines) is 1. The lowest BCUT2D eigenvalue weighted by Gasteiger charge is -2.49. The van der Waals surface area contributed by atoms with Gasteiger partial charge in [-0.15, -0.1) is 0 Å². The lowest BCUT2D eigenvalue weighted by Crippen LogP contribution is -2.71. The Labute approximate surface area is 125 Å². The Morgan fingerprint density at radius 1 is 1.18 bits per heavy atom. The molecule has 118 valence electrons. The highest BCUT2D eigenvalue weighted by Crippen LogP contribution is 2.26. The Bertz CT molecular complexity index is 597. The second-order valence-corrected chi connectivity index (χ2v) is 5.68. The van der Waals surface area contributed by atoms with Gasteiger partial charge in [-0.05, 0) is 12.1 Å². The number of hydrogen-bond acceptors (Lipinski definition) is 3. The SMILES string of the molecule is O=C1CC2(CN(C(=O)Nc3cc(F)cc(F)c3)C2)NCCN1. The highest BCUT2D eigenvalue weighted by molar-refractivity contribution is 5.90. The molecule has 1 aromatic rings. The summed E-state index contributed by atoms with van der Waals surface area (Å²) in [4.78, 5) is 25.1. The van der Waals surface area contributed by atoms with Gasteiger partial charge in [-0.1, -0.05) is 0 Å². The lowest BCUT2D eigenvalue weighted by molar-refractivity contribution is -0.123. The maximum absolute atomic E-state index is 13.1. The molecule has 2 saturated heterocycles. The van der Waals surface area contributed by atoms with Gasteiger partial charge in [0.2, 0.25) is 5.91 Å². The van der Waals surface area contributed by atoms with Gasteiger partial charge in [0.25, 0.3) is 0 Å². The van der Waals surface area contributed by atoms with Crippen molar-refractivity contribution in [1.82, 2.24) is 15.5 Å². The summed E-state index contributed by atoms with van der Waals surface area (Å²) < 4.78 is 26.2. The van der Waals surface area contributed by atoms with E-state index in [-0.39, 0.29) is 11.6 Å². The van der Waals surface area contributed by atoms with Gasteiger partial charge < -0.3 is 20.9 Å². The standard InChI is InChI=1S/C14H16F2N4O2/c15-9-3-10(16)5-11(4-9)19-13(22)20-7-14(8-20)6-12(21)17-1-2-18-14/h3-5,18H,1-2,6-8H2,(H,17,21)(H,19,22). The maximum Gasteiger partial charge on any atom is 0.321 e. The minimum absolute atomic E-state index is 0.0442. The van der Waals surface area contributed by atoms with Crippen molar-refractivity contribution in [2.75, 3.05) is 31.5 Å². The van der Waals surface area contributed by atoms with Gasteiger partial charge in [-0.2, -0.15) is 0 Å². The van der Waals surface area contributed by atoms with Gasteiger partial charge in [0.1, 0.15) is 11.6 Å². The molecular formula is C14H16F2N4O2. The quantitative estimate of drug-likeness (QED) is 0.713. The third-order valence-electron chi connectivity index (χ3n) is 3.83. The zero-order valence-corrected chi connectivity index (χ0v) is 11.8. The van der Waals surface area contributed by atoms with Crippen LogP contribution in [0.3, 0.4) is 0 Å². The number of halogens is 2. The molecule has 1 spiro atoms. The van der Waals surface area contributed by atoms with Crippen molar-refractivity contribution in [1.29, 1.82) is 0 Å². The summed E-state index contributed by atoms with van der Waals surface area (Å²) in [6.07, 6.45) is 0.311.